The molecular formula is C11H10N2O2S2. The van der Waals surface area contributed by atoms with Gasteiger partial charge in [-0.2, -0.15) is 16.7 Å². The van der Waals surface area contributed by atoms with E-state index < -0.39 is 0 Å². The van der Waals surface area contributed by atoms with Crippen molar-refractivity contribution in [3.63, 3.8) is 0 Å². The second kappa shape index (κ2) is 4.62. The summed E-state index contributed by atoms with van der Waals surface area (Å²) < 4.78 is 5.18. The molecule has 3 heterocycles. The van der Waals surface area contributed by atoms with Gasteiger partial charge in [0.15, 0.2) is 11.6 Å². The third kappa shape index (κ3) is 2.28. The lowest BCUT2D eigenvalue weighted by Crippen LogP contribution is -2.09. The molecule has 17 heavy (non-hydrogen) atoms. The minimum atomic E-state index is -0.190. The lowest BCUT2D eigenvalue weighted by atomic mass is 10.1. The smallest absolute Gasteiger partial charge is 0.238 e. The number of thiophene rings is 1. The molecule has 1 fully saturated rings. The number of carbonyl (C=O) groups excluding carboxylic acids is 1. The molecule has 0 aliphatic carbocycles. The highest BCUT2D eigenvalue weighted by molar-refractivity contribution is 8.00. The van der Waals surface area contributed by atoms with Gasteiger partial charge >= 0.3 is 0 Å². The van der Waals surface area contributed by atoms with Gasteiger partial charge in [-0.15, -0.1) is 11.3 Å². The average molecular weight is 266 g/mol. The van der Waals surface area contributed by atoms with Crippen molar-refractivity contribution in [2.24, 2.45) is 0 Å². The number of thioether (sulfide) groups is 1. The van der Waals surface area contributed by atoms with Crippen molar-refractivity contribution in [3.05, 3.63) is 34.1 Å². The maximum atomic E-state index is 11.6. The van der Waals surface area contributed by atoms with Crippen LogP contribution < -0.4 is 0 Å². The van der Waals surface area contributed by atoms with Crippen LogP contribution in [0.15, 0.2) is 22.0 Å². The fourth-order valence-corrected chi connectivity index (χ4v) is 3.52. The van der Waals surface area contributed by atoms with E-state index in [1.165, 1.54) is 4.88 Å². The van der Waals surface area contributed by atoms with Crippen molar-refractivity contribution in [3.8, 4) is 0 Å². The molecule has 0 bridgehead atoms. The first-order chi connectivity index (χ1) is 8.33. The van der Waals surface area contributed by atoms with Gasteiger partial charge in [0.05, 0.1) is 5.75 Å². The second-order valence-corrected chi connectivity index (χ2v) is 5.90. The number of rotatable bonds is 3. The molecule has 0 radical (unpaired) electrons. The van der Waals surface area contributed by atoms with E-state index >= 15 is 0 Å². The van der Waals surface area contributed by atoms with Gasteiger partial charge in [0.1, 0.15) is 5.92 Å². The Labute approximate surface area is 106 Å². The van der Waals surface area contributed by atoms with Crippen LogP contribution in [0.5, 0.6) is 0 Å². The first-order valence-corrected chi connectivity index (χ1v) is 7.31. The molecule has 0 aromatic carbocycles. The van der Waals surface area contributed by atoms with Crippen LogP contribution in [0.1, 0.15) is 22.5 Å². The van der Waals surface area contributed by atoms with Gasteiger partial charge in [0, 0.05) is 17.1 Å². The highest BCUT2D eigenvalue weighted by atomic mass is 32.2. The lowest BCUT2D eigenvalue weighted by molar-refractivity contribution is -0.117. The summed E-state index contributed by atoms with van der Waals surface area (Å²) in [6.45, 7) is 0. The van der Waals surface area contributed by atoms with E-state index in [2.05, 4.69) is 10.1 Å². The fraction of sp³-hybridized carbons (Fsp3) is 0.364. The number of hydrogen-bond donors (Lipinski definition) is 0. The zero-order valence-corrected chi connectivity index (χ0v) is 10.6. The van der Waals surface area contributed by atoms with Crippen LogP contribution in [0, 0.1) is 0 Å². The van der Waals surface area contributed by atoms with E-state index in [-0.39, 0.29) is 11.7 Å². The zero-order valence-electron chi connectivity index (χ0n) is 8.96. The molecule has 88 valence electrons. The van der Waals surface area contributed by atoms with Crippen LogP contribution in [0.25, 0.3) is 0 Å². The minimum Gasteiger partial charge on any atom is -0.339 e. The summed E-state index contributed by atoms with van der Waals surface area (Å²) in [4.78, 5) is 17.1. The van der Waals surface area contributed by atoms with E-state index in [0.717, 1.165) is 5.75 Å². The topological polar surface area (TPSA) is 56.0 Å². The SMILES string of the molecule is O=C1CSCC1c1nc(Cc2cccs2)no1. The van der Waals surface area contributed by atoms with Crippen LogP contribution in [0.4, 0.5) is 0 Å². The Balaban J connectivity index is 1.76. The van der Waals surface area contributed by atoms with Gasteiger partial charge < -0.3 is 4.52 Å². The maximum absolute atomic E-state index is 11.6. The number of ketones is 1. The van der Waals surface area contributed by atoms with Crippen LogP contribution in [-0.2, 0) is 11.2 Å². The van der Waals surface area contributed by atoms with Gasteiger partial charge in [0.2, 0.25) is 5.89 Å². The first-order valence-electron chi connectivity index (χ1n) is 5.28. The predicted molar refractivity (Wildman–Crippen MR) is 66.5 cm³/mol. The van der Waals surface area contributed by atoms with Crippen LogP contribution in [-0.4, -0.2) is 27.4 Å². The third-order valence-corrected chi connectivity index (χ3v) is 4.55. The summed E-state index contributed by atoms with van der Waals surface area (Å²) in [6, 6.07) is 4.04. The van der Waals surface area contributed by atoms with Crippen molar-refractivity contribution in [2.45, 2.75) is 12.3 Å². The number of aromatic nitrogens is 2. The van der Waals surface area contributed by atoms with Crippen LogP contribution in [0.3, 0.4) is 0 Å². The number of hydrogen-bond acceptors (Lipinski definition) is 6. The number of carbonyl (C=O) groups is 1. The summed E-state index contributed by atoms with van der Waals surface area (Å²) in [5.74, 6) is 2.47. The third-order valence-electron chi connectivity index (χ3n) is 2.61. The Morgan fingerprint density at radius 3 is 3.18 bits per heavy atom. The summed E-state index contributed by atoms with van der Waals surface area (Å²) in [5.41, 5.74) is 0. The molecule has 4 nitrogen and oxygen atoms in total. The largest absolute Gasteiger partial charge is 0.339 e. The molecule has 2 aromatic rings. The quantitative estimate of drug-likeness (QED) is 0.851. The standard InChI is InChI=1S/C11H10N2O2S2/c14-9-6-16-5-8(9)11-12-10(13-15-11)4-7-2-1-3-17-7/h1-3,8H,4-6H2. The summed E-state index contributed by atoms with van der Waals surface area (Å²) in [5, 5.41) is 5.95. The highest BCUT2D eigenvalue weighted by Crippen LogP contribution is 2.28. The first kappa shape index (κ1) is 11.0. The number of nitrogens with zero attached hydrogens (tertiary/aromatic N) is 2. The molecule has 1 aliphatic rings. The second-order valence-electron chi connectivity index (χ2n) is 3.84. The van der Waals surface area contributed by atoms with Gasteiger partial charge in [0.25, 0.3) is 0 Å². The fourth-order valence-electron chi connectivity index (χ4n) is 1.73. The molecule has 0 N–H and O–H groups in total. The summed E-state index contributed by atoms with van der Waals surface area (Å²) in [7, 11) is 0. The minimum absolute atomic E-state index is 0.190. The van der Waals surface area contributed by atoms with Gasteiger partial charge in [-0.25, -0.2) is 0 Å². The van der Waals surface area contributed by atoms with E-state index in [4.69, 9.17) is 4.52 Å². The molecule has 0 amide bonds. The monoisotopic (exact) mass is 266 g/mol. The van der Waals surface area contributed by atoms with E-state index in [1.807, 2.05) is 17.5 Å². The molecule has 1 unspecified atom stereocenters. The Hall–Kier alpha value is -1.14. The molecule has 1 atom stereocenters. The maximum Gasteiger partial charge on any atom is 0.238 e. The highest BCUT2D eigenvalue weighted by Gasteiger charge is 2.31. The van der Waals surface area contributed by atoms with E-state index in [0.29, 0.717) is 23.9 Å². The molecular weight excluding hydrogens is 256 g/mol. The van der Waals surface area contributed by atoms with Gasteiger partial charge in [-0.05, 0) is 11.4 Å². The van der Waals surface area contributed by atoms with Gasteiger partial charge in [-0.1, -0.05) is 11.2 Å². The van der Waals surface area contributed by atoms with Crippen LogP contribution >= 0.6 is 23.1 Å². The summed E-state index contributed by atoms with van der Waals surface area (Å²) in [6.07, 6.45) is 0.676. The van der Waals surface area contributed by atoms with Crippen molar-refractivity contribution >= 4 is 28.9 Å². The average Bonchev–Trinajstić information content (AvgIpc) is 3.00. The lowest BCUT2D eigenvalue weighted by Gasteiger charge is -1.97. The Morgan fingerprint density at radius 1 is 1.53 bits per heavy atom. The Kier molecular flexibility index (Phi) is 2.98. The molecule has 0 saturated carbocycles. The number of Topliss-reactive ketones (excluding diaryl/α,β-unsaturated/α-hetero) is 1. The van der Waals surface area contributed by atoms with Gasteiger partial charge in [-0.3, -0.25) is 4.79 Å². The molecule has 1 aliphatic heterocycles. The normalized spacial score (nSPS) is 20.0. The predicted octanol–water partition coefficient (Wildman–Crippen LogP) is 2.12. The van der Waals surface area contributed by atoms with Crippen molar-refractivity contribution in [1.82, 2.24) is 10.1 Å². The molecule has 3 rings (SSSR count). The molecule has 0 spiro atoms. The van der Waals surface area contributed by atoms with E-state index in [9.17, 15) is 4.79 Å². The Bertz CT molecular complexity index is 521. The zero-order chi connectivity index (χ0) is 11.7. The molecule has 2 aromatic heterocycles. The van der Waals surface area contributed by atoms with Crippen molar-refractivity contribution in [2.75, 3.05) is 11.5 Å². The Morgan fingerprint density at radius 2 is 2.47 bits per heavy atom. The summed E-state index contributed by atoms with van der Waals surface area (Å²) >= 11 is 3.29. The molecule has 1 saturated heterocycles. The van der Waals surface area contributed by atoms with Crippen molar-refractivity contribution in [1.29, 1.82) is 0 Å². The molecule has 6 heteroatoms. The van der Waals surface area contributed by atoms with Crippen LogP contribution in [0.2, 0.25) is 0 Å². The van der Waals surface area contributed by atoms with Crippen molar-refractivity contribution < 1.29 is 9.32 Å². The van der Waals surface area contributed by atoms with E-state index in [1.54, 1.807) is 23.1 Å².